The van der Waals surface area contributed by atoms with Gasteiger partial charge in [0.1, 0.15) is 16.7 Å². The lowest BCUT2D eigenvalue weighted by Crippen LogP contribution is -2.01. The minimum atomic E-state index is 0.488. The maximum absolute atomic E-state index is 6.39. The number of benzene rings is 7. The highest BCUT2D eigenvalue weighted by atomic mass is 16.4. The van der Waals surface area contributed by atoms with E-state index in [1.165, 1.54) is 10.8 Å². The summed E-state index contributed by atoms with van der Waals surface area (Å²) in [7, 11) is 0. The maximum Gasteiger partial charge on any atom is 0.227 e. The van der Waals surface area contributed by atoms with Crippen LogP contribution in [0.2, 0.25) is 0 Å². The summed E-state index contributed by atoms with van der Waals surface area (Å²) in [5.74, 6) is 2.13. The summed E-state index contributed by atoms with van der Waals surface area (Å²) >= 11 is 0. The fourth-order valence-corrected chi connectivity index (χ4v) is 6.71. The van der Waals surface area contributed by atoms with Gasteiger partial charge in [-0.2, -0.15) is 0 Å². The molecule has 234 valence electrons. The lowest BCUT2D eigenvalue weighted by molar-refractivity contribution is 0.617. The summed E-state index contributed by atoms with van der Waals surface area (Å²) in [5, 5.41) is 4.26. The average molecular weight is 643 g/mol. The topological polar surface area (TPSA) is 77.8 Å². The van der Waals surface area contributed by atoms with Crippen LogP contribution in [0.5, 0.6) is 0 Å². The van der Waals surface area contributed by atoms with E-state index in [1.54, 1.807) is 0 Å². The molecule has 0 bridgehead atoms. The molecule has 3 heterocycles. The van der Waals surface area contributed by atoms with Gasteiger partial charge in [-0.1, -0.05) is 127 Å². The average Bonchev–Trinajstić information content (AvgIpc) is 3.79. The third-order valence-electron chi connectivity index (χ3n) is 9.16. The van der Waals surface area contributed by atoms with E-state index in [4.69, 9.17) is 28.8 Å². The Kier molecular flexibility index (Phi) is 6.39. The fourth-order valence-electron chi connectivity index (χ4n) is 6.71. The van der Waals surface area contributed by atoms with Crippen LogP contribution in [0.4, 0.5) is 0 Å². The predicted octanol–water partition coefficient (Wildman–Crippen LogP) is 11.4. The number of oxazole rings is 1. The van der Waals surface area contributed by atoms with Gasteiger partial charge in [0.15, 0.2) is 23.1 Å². The first kappa shape index (κ1) is 28.1. The third kappa shape index (κ3) is 4.73. The lowest BCUT2D eigenvalue weighted by Gasteiger charge is -2.10. The molecule has 0 unspecified atom stereocenters. The van der Waals surface area contributed by atoms with E-state index in [-0.39, 0.29) is 0 Å². The first-order chi connectivity index (χ1) is 24.7. The van der Waals surface area contributed by atoms with Crippen LogP contribution >= 0.6 is 0 Å². The minimum Gasteiger partial charge on any atom is -0.456 e. The molecule has 0 aliphatic carbocycles. The normalized spacial score (nSPS) is 11.6. The van der Waals surface area contributed by atoms with Gasteiger partial charge in [0.2, 0.25) is 5.89 Å². The molecule has 0 aliphatic rings. The summed E-state index contributed by atoms with van der Waals surface area (Å²) < 4.78 is 12.8. The number of hydrogen-bond acceptors (Lipinski definition) is 6. The second kappa shape index (κ2) is 11.4. The maximum atomic E-state index is 6.39. The van der Waals surface area contributed by atoms with Gasteiger partial charge in [-0.25, -0.2) is 19.9 Å². The lowest BCUT2D eigenvalue weighted by atomic mass is 10.00. The van der Waals surface area contributed by atoms with Gasteiger partial charge < -0.3 is 8.83 Å². The zero-order chi connectivity index (χ0) is 33.0. The number of rotatable bonds is 5. The Balaban J connectivity index is 1.20. The Morgan fingerprint density at radius 2 is 0.960 bits per heavy atom. The van der Waals surface area contributed by atoms with Crippen molar-refractivity contribution in [2.45, 2.75) is 0 Å². The number of aromatic nitrogens is 4. The van der Waals surface area contributed by atoms with Crippen molar-refractivity contribution < 1.29 is 8.83 Å². The molecule has 10 rings (SSSR count). The van der Waals surface area contributed by atoms with Gasteiger partial charge in [-0.3, -0.25) is 0 Å². The van der Waals surface area contributed by atoms with Gasteiger partial charge in [-0.05, 0) is 46.2 Å². The Morgan fingerprint density at radius 3 is 1.74 bits per heavy atom. The van der Waals surface area contributed by atoms with Crippen LogP contribution in [-0.4, -0.2) is 19.9 Å². The molecule has 6 nitrogen and oxygen atoms in total. The van der Waals surface area contributed by atoms with Gasteiger partial charge in [0.25, 0.3) is 0 Å². The molecular formula is C44H26N4O2. The van der Waals surface area contributed by atoms with Crippen LogP contribution < -0.4 is 0 Å². The van der Waals surface area contributed by atoms with Crippen LogP contribution in [0.25, 0.3) is 101 Å². The second-order valence-corrected chi connectivity index (χ2v) is 12.3. The molecule has 10 aromatic rings. The molecule has 0 saturated carbocycles. The molecule has 0 spiro atoms. The number of para-hydroxylation sites is 1. The van der Waals surface area contributed by atoms with Crippen LogP contribution in [0.1, 0.15) is 0 Å². The van der Waals surface area contributed by atoms with E-state index in [0.29, 0.717) is 40.0 Å². The molecule has 0 fully saturated rings. The van der Waals surface area contributed by atoms with Gasteiger partial charge in [-0.15, -0.1) is 0 Å². The van der Waals surface area contributed by atoms with Gasteiger partial charge in [0, 0.05) is 33.5 Å². The van der Waals surface area contributed by atoms with E-state index in [0.717, 1.165) is 49.7 Å². The Morgan fingerprint density at radius 1 is 0.360 bits per heavy atom. The minimum absolute atomic E-state index is 0.488. The van der Waals surface area contributed by atoms with Crippen LogP contribution in [-0.2, 0) is 0 Å². The number of furan rings is 1. The van der Waals surface area contributed by atoms with Crippen LogP contribution in [0.15, 0.2) is 167 Å². The quantitative estimate of drug-likeness (QED) is 0.186. The molecule has 0 N–H and O–H groups in total. The molecule has 50 heavy (non-hydrogen) atoms. The smallest absolute Gasteiger partial charge is 0.227 e. The van der Waals surface area contributed by atoms with Crippen molar-refractivity contribution in [1.29, 1.82) is 0 Å². The number of nitrogens with zero attached hydrogens (tertiary/aromatic N) is 4. The van der Waals surface area contributed by atoms with Crippen molar-refractivity contribution in [2.24, 2.45) is 0 Å². The van der Waals surface area contributed by atoms with E-state index < -0.39 is 0 Å². The number of fused-ring (bicyclic) bond motifs is 5. The molecule has 6 heteroatoms. The van der Waals surface area contributed by atoms with Gasteiger partial charge >= 0.3 is 0 Å². The zero-order valence-corrected chi connectivity index (χ0v) is 26.6. The molecule has 0 radical (unpaired) electrons. The van der Waals surface area contributed by atoms with Crippen molar-refractivity contribution in [3.8, 4) is 56.7 Å². The van der Waals surface area contributed by atoms with E-state index in [1.807, 2.05) is 84.9 Å². The van der Waals surface area contributed by atoms with Crippen molar-refractivity contribution in [3.63, 3.8) is 0 Å². The van der Waals surface area contributed by atoms with Crippen LogP contribution in [0, 0.1) is 0 Å². The van der Waals surface area contributed by atoms with Crippen molar-refractivity contribution in [1.82, 2.24) is 19.9 Å². The zero-order valence-electron chi connectivity index (χ0n) is 26.6. The highest BCUT2D eigenvalue weighted by Gasteiger charge is 2.24. The summed E-state index contributed by atoms with van der Waals surface area (Å²) in [6.45, 7) is 0. The summed E-state index contributed by atoms with van der Waals surface area (Å²) in [6.07, 6.45) is 0. The molecular weight excluding hydrogens is 617 g/mol. The van der Waals surface area contributed by atoms with E-state index in [9.17, 15) is 0 Å². The molecule has 0 aliphatic heterocycles. The van der Waals surface area contributed by atoms with Crippen molar-refractivity contribution >= 4 is 43.8 Å². The third-order valence-corrected chi connectivity index (χ3v) is 9.16. The summed E-state index contributed by atoms with van der Waals surface area (Å²) in [5.41, 5.74) is 8.33. The Hall–Kier alpha value is -6.92. The molecule has 3 aromatic heterocycles. The highest BCUT2D eigenvalue weighted by molar-refractivity contribution is 6.18. The Bertz CT molecular complexity index is 2860. The van der Waals surface area contributed by atoms with E-state index in [2.05, 4.69) is 72.8 Å². The molecule has 7 aromatic carbocycles. The number of hydrogen-bond donors (Lipinski definition) is 0. The standard InChI is InChI=1S/C44H26N4O2/c1-3-12-29(13-4-1)41-46-42(30-22-19-28(20-23-30)33-24-21-27-11-7-8-16-32(27)25-33)48-43(47-41)39-38-34-17-9-10-18-35(34)49-36(38)26-37-40(39)45-44(50-37)31-14-5-2-6-15-31/h1-26H. The molecule has 0 amide bonds. The Labute approximate surface area is 286 Å². The molecule has 0 saturated heterocycles. The first-order valence-corrected chi connectivity index (χ1v) is 16.5. The largest absolute Gasteiger partial charge is 0.456 e. The van der Waals surface area contributed by atoms with Crippen molar-refractivity contribution in [3.05, 3.63) is 158 Å². The summed E-state index contributed by atoms with van der Waals surface area (Å²) in [6, 6.07) is 53.1. The monoisotopic (exact) mass is 642 g/mol. The van der Waals surface area contributed by atoms with Gasteiger partial charge in [0.05, 0.1) is 5.56 Å². The SMILES string of the molecule is c1ccc(-c2nc(-c3ccc(-c4ccc5ccccc5c4)cc3)nc(-c3c4nc(-c5ccccc5)oc4cc4oc5ccccc5c34)n2)cc1. The highest BCUT2D eigenvalue weighted by Crippen LogP contribution is 2.42. The fraction of sp³-hybridized carbons (Fsp3) is 0. The van der Waals surface area contributed by atoms with Crippen molar-refractivity contribution in [2.75, 3.05) is 0 Å². The molecule has 0 atom stereocenters. The summed E-state index contributed by atoms with van der Waals surface area (Å²) in [4.78, 5) is 20.4. The first-order valence-electron chi connectivity index (χ1n) is 16.5. The second-order valence-electron chi connectivity index (χ2n) is 12.3. The predicted molar refractivity (Wildman–Crippen MR) is 199 cm³/mol. The van der Waals surface area contributed by atoms with E-state index >= 15 is 0 Å². The van der Waals surface area contributed by atoms with Crippen LogP contribution in [0.3, 0.4) is 0 Å².